The molecule has 0 aliphatic carbocycles. The zero-order valence-electron chi connectivity index (χ0n) is 20.1. The van der Waals surface area contributed by atoms with Crippen molar-refractivity contribution in [3.05, 3.63) is 126 Å². The number of nitrogens with one attached hydrogen (secondary N) is 1. The number of aliphatic carboxylic acids is 1. The van der Waals surface area contributed by atoms with Crippen LogP contribution in [0.15, 0.2) is 120 Å². The van der Waals surface area contributed by atoms with Crippen LogP contribution < -0.4 is 4.83 Å². The van der Waals surface area contributed by atoms with E-state index < -0.39 is 34.4 Å². The highest BCUT2D eigenvalue weighted by Gasteiger charge is 2.49. The molecule has 1 saturated heterocycles. The fourth-order valence-corrected chi connectivity index (χ4v) is 6.69. The van der Waals surface area contributed by atoms with Crippen molar-refractivity contribution in [3.63, 3.8) is 0 Å². The molecule has 8 heteroatoms. The Kier molecular flexibility index (Phi) is 6.17. The average molecular weight is 525 g/mol. The van der Waals surface area contributed by atoms with E-state index in [1.54, 1.807) is 72.8 Å². The molecular formula is C30H24N2O5S. The van der Waals surface area contributed by atoms with Gasteiger partial charge in [0.15, 0.2) is 12.3 Å². The van der Waals surface area contributed by atoms with Crippen LogP contribution >= 0.6 is 0 Å². The Bertz CT molecular complexity index is 1690. The number of benzene rings is 5. The van der Waals surface area contributed by atoms with Gasteiger partial charge in [-0.15, -0.1) is 4.83 Å². The van der Waals surface area contributed by atoms with E-state index in [0.29, 0.717) is 21.9 Å². The first-order valence-electron chi connectivity index (χ1n) is 12.1. The summed E-state index contributed by atoms with van der Waals surface area (Å²) in [6.45, 7) is 0. The molecule has 1 aliphatic heterocycles. The van der Waals surface area contributed by atoms with E-state index in [1.807, 2.05) is 42.5 Å². The summed E-state index contributed by atoms with van der Waals surface area (Å²) in [6.07, 6.45) is -2.28. The van der Waals surface area contributed by atoms with Crippen LogP contribution in [0, 0.1) is 0 Å². The van der Waals surface area contributed by atoms with E-state index in [9.17, 15) is 18.3 Å². The van der Waals surface area contributed by atoms with Crippen LogP contribution in [0.4, 0.5) is 0 Å². The first kappa shape index (κ1) is 24.3. The largest absolute Gasteiger partial charge is 0.479 e. The van der Waals surface area contributed by atoms with E-state index >= 15 is 0 Å². The van der Waals surface area contributed by atoms with Gasteiger partial charge in [-0.05, 0) is 28.0 Å². The molecule has 0 amide bonds. The molecule has 1 fully saturated rings. The van der Waals surface area contributed by atoms with Gasteiger partial charge in [0.1, 0.15) is 0 Å². The van der Waals surface area contributed by atoms with E-state index in [1.165, 1.54) is 5.01 Å². The maximum Gasteiger partial charge on any atom is 0.334 e. The summed E-state index contributed by atoms with van der Waals surface area (Å²) in [7, 11) is -4.22. The number of carboxylic acids is 1. The molecule has 0 spiro atoms. The fourth-order valence-electron chi connectivity index (χ4n) is 5.16. The number of ether oxygens (including phenoxy) is 1. The molecule has 6 rings (SSSR count). The molecule has 0 radical (unpaired) electrons. The lowest BCUT2D eigenvalue weighted by atomic mass is 10.0. The second kappa shape index (κ2) is 9.66. The van der Waals surface area contributed by atoms with Crippen LogP contribution in [-0.4, -0.2) is 30.6 Å². The number of hydrazine groups is 1. The lowest BCUT2D eigenvalue weighted by Gasteiger charge is -2.29. The topological polar surface area (TPSA) is 95.9 Å². The Morgan fingerprint density at radius 3 is 1.79 bits per heavy atom. The minimum atomic E-state index is -4.22. The number of hydrogen-bond acceptors (Lipinski definition) is 5. The fraction of sp³-hybridized carbons (Fsp3) is 0.100. The van der Waals surface area contributed by atoms with Crippen LogP contribution in [0.1, 0.15) is 23.4 Å². The minimum absolute atomic E-state index is 0.128. The van der Waals surface area contributed by atoms with Crippen LogP contribution in [-0.2, 0) is 19.6 Å². The van der Waals surface area contributed by atoms with Crippen LogP contribution in [0.25, 0.3) is 21.5 Å². The van der Waals surface area contributed by atoms with Gasteiger partial charge in [0.2, 0.25) is 0 Å². The van der Waals surface area contributed by atoms with Crippen molar-refractivity contribution in [2.75, 3.05) is 0 Å². The number of fused-ring (bicyclic) bond motifs is 2. The quantitative estimate of drug-likeness (QED) is 0.288. The highest BCUT2D eigenvalue weighted by molar-refractivity contribution is 7.90. The Hall–Kier alpha value is -4.08. The van der Waals surface area contributed by atoms with E-state index in [2.05, 4.69) is 4.83 Å². The van der Waals surface area contributed by atoms with Crippen molar-refractivity contribution in [1.29, 1.82) is 0 Å². The predicted octanol–water partition coefficient (Wildman–Crippen LogP) is 5.41. The summed E-state index contributed by atoms with van der Waals surface area (Å²) in [4.78, 5) is 15.2. The molecule has 190 valence electrons. The molecule has 0 saturated carbocycles. The molecule has 0 aromatic heterocycles. The van der Waals surface area contributed by atoms with Gasteiger partial charge in [-0.25, -0.2) is 13.2 Å². The monoisotopic (exact) mass is 524 g/mol. The molecule has 0 unspecified atom stereocenters. The maximum absolute atomic E-state index is 14.3. The minimum Gasteiger partial charge on any atom is -0.479 e. The highest BCUT2D eigenvalue weighted by Crippen LogP contribution is 2.43. The molecule has 2 N–H and O–H groups in total. The number of carboxylic acid groups (broad SMARTS) is 1. The van der Waals surface area contributed by atoms with Gasteiger partial charge in [-0.2, -0.15) is 5.01 Å². The maximum atomic E-state index is 14.3. The number of carbonyl (C=O) groups is 1. The SMILES string of the molecule is O=C(O)[C@@H]1O[C@@H](c2ccccc2)N(NS(=O)(=O)c2c3ccccc3cc3ccccc23)[C@H]1c1ccccc1. The van der Waals surface area contributed by atoms with Gasteiger partial charge in [-0.3, -0.25) is 0 Å². The summed E-state index contributed by atoms with van der Waals surface area (Å²) in [5.41, 5.74) is 1.24. The molecule has 7 nitrogen and oxygen atoms in total. The van der Waals surface area contributed by atoms with Gasteiger partial charge in [0.25, 0.3) is 10.0 Å². The third kappa shape index (κ3) is 4.23. The van der Waals surface area contributed by atoms with Crippen molar-refractivity contribution in [3.8, 4) is 0 Å². The Morgan fingerprint density at radius 2 is 1.24 bits per heavy atom. The summed E-state index contributed by atoms with van der Waals surface area (Å²) in [5, 5.41) is 14.2. The Balaban J connectivity index is 1.54. The Morgan fingerprint density at radius 1 is 0.737 bits per heavy atom. The van der Waals surface area contributed by atoms with Crippen molar-refractivity contribution < 1.29 is 23.1 Å². The van der Waals surface area contributed by atoms with Crippen molar-refractivity contribution in [2.45, 2.75) is 23.3 Å². The first-order chi connectivity index (χ1) is 18.4. The summed E-state index contributed by atoms with van der Waals surface area (Å²) in [6, 6.07) is 33.6. The van der Waals surface area contributed by atoms with Gasteiger partial charge >= 0.3 is 5.97 Å². The number of rotatable bonds is 6. The Labute approximate surface area is 219 Å². The third-order valence-corrected chi connectivity index (χ3v) is 8.23. The van der Waals surface area contributed by atoms with E-state index in [4.69, 9.17) is 4.74 Å². The zero-order valence-corrected chi connectivity index (χ0v) is 21.0. The van der Waals surface area contributed by atoms with Crippen molar-refractivity contribution >= 4 is 37.5 Å². The van der Waals surface area contributed by atoms with Crippen LogP contribution in [0.5, 0.6) is 0 Å². The first-order valence-corrected chi connectivity index (χ1v) is 13.6. The van der Waals surface area contributed by atoms with Gasteiger partial charge < -0.3 is 9.84 Å². The standard InChI is InChI=1S/C30H24N2O5S/c33-30(34)27-26(20-11-3-1-4-12-20)32(29(37-27)21-13-5-2-6-14-21)31-38(35,36)28-24-17-9-7-15-22(24)19-23-16-8-10-18-25(23)28/h1-19,26-27,29,31H,(H,33,34)/t26-,27+,29-/m0/s1. The molecule has 38 heavy (non-hydrogen) atoms. The van der Waals surface area contributed by atoms with Crippen molar-refractivity contribution in [1.82, 2.24) is 9.84 Å². The molecular weight excluding hydrogens is 500 g/mol. The smallest absolute Gasteiger partial charge is 0.334 e. The molecule has 5 aromatic rings. The second-order valence-electron chi connectivity index (χ2n) is 9.16. The van der Waals surface area contributed by atoms with Gasteiger partial charge in [0, 0.05) is 10.8 Å². The lowest BCUT2D eigenvalue weighted by Crippen LogP contribution is -2.45. The van der Waals surface area contributed by atoms with E-state index in [-0.39, 0.29) is 4.90 Å². The van der Waals surface area contributed by atoms with Gasteiger partial charge in [0.05, 0.1) is 10.9 Å². The zero-order chi connectivity index (χ0) is 26.3. The van der Waals surface area contributed by atoms with Crippen LogP contribution in [0.3, 0.4) is 0 Å². The van der Waals surface area contributed by atoms with Crippen LogP contribution in [0.2, 0.25) is 0 Å². The van der Waals surface area contributed by atoms with Crippen molar-refractivity contribution in [2.24, 2.45) is 0 Å². The molecule has 5 aromatic carbocycles. The highest BCUT2D eigenvalue weighted by atomic mass is 32.2. The summed E-state index contributed by atoms with van der Waals surface area (Å²) in [5.74, 6) is -1.18. The predicted molar refractivity (Wildman–Crippen MR) is 144 cm³/mol. The molecule has 3 atom stereocenters. The summed E-state index contributed by atoms with van der Waals surface area (Å²) >= 11 is 0. The third-order valence-electron chi connectivity index (χ3n) is 6.80. The number of sulfonamides is 1. The summed E-state index contributed by atoms with van der Waals surface area (Å²) < 4.78 is 34.6. The van der Waals surface area contributed by atoms with Gasteiger partial charge in [-0.1, -0.05) is 109 Å². The number of nitrogens with zero attached hydrogens (tertiary/aromatic N) is 1. The lowest BCUT2D eigenvalue weighted by molar-refractivity contribution is -0.150. The normalized spacial score (nSPS) is 20.2. The number of hydrogen-bond donors (Lipinski definition) is 2. The molecule has 1 aliphatic rings. The molecule has 0 bridgehead atoms. The van der Waals surface area contributed by atoms with E-state index in [0.717, 1.165) is 10.8 Å². The molecule has 1 heterocycles. The second-order valence-corrected chi connectivity index (χ2v) is 10.8. The average Bonchev–Trinajstić information content (AvgIpc) is 3.31.